The van der Waals surface area contributed by atoms with Gasteiger partial charge in [-0.05, 0) is 31.5 Å². The minimum atomic E-state index is -4.48. The predicted octanol–water partition coefficient (Wildman–Crippen LogP) is 3.08. The summed E-state index contributed by atoms with van der Waals surface area (Å²) in [7, 11) is 0. The highest BCUT2D eigenvalue weighted by Gasteiger charge is 2.33. The Balaban J connectivity index is 3.00. The molecule has 0 radical (unpaired) electrons. The van der Waals surface area contributed by atoms with E-state index in [9.17, 15) is 13.2 Å². The van der Waals surface area contributed by atoms with E-state index in [-0.39, 0.29) is 29.9 Å². The lowest BCUT2D eigenvalue weighted by atomic mass is 10.1. The molecular formula is C15H20F3N3O. The number of halogens is 3. The summed E-state index contributed by atoms with van der Waals surface area (Å²) in [6, 6.07) is 3.83. The molecule has 122 valence electrons. The number of nitrogens with zero attached hydrogens (tertiary/aromatic N) is 1. The first kappa shape index (κ1) is 17.9. The van der Waals surface area contributed by atoms with Crippen molar-refractivity contribution >= 4 is 5.96 Å². The zero-order valence-electron chi connectivity index (χ0n) is 12.6. The minimum absolute atomic E-state index is 0.0342. The fourth-order valence-electron chi connectivity index (χ4n) is 1.71. The number of alkyl halides is 3. The average molecular weight is 315 g/mol. The first-order valence-corrected chi connectivity index (χ1v) is 6.75. The van der Waals surface area contributed by atoms with E-state index in [1.165, 1.54) is 12.1 Å². The Bertz CT molecular complexity index is 539. The van der Waals surface area contributed by atoms with E-state index < -0.39 is 11.7 Å². The Kier molecular flexibility index (Phi) is 6.27. The van der Waals surface area contributed by atoms with E-state index in [0.717, 1.165) is 6.07 Å². The van der Waals surface area contributed by atoms with Gasteiger partial charge in [-0.3, -0.25) is 0 Å². The number of hydrogen-bond acceptors (Lipinski definition) is 2. The Morgan fingerprint density at radius 3 is 2.68 bits per heavy atom. The van der Waals surface area contributed by atoms with Crippen LogP contribution in [0.2, 0.25) is 0 Å². The largest absolute Gasteiger partial charge is 0.491 e. The van der Waals surface area contributed by atoms with Gasteiger partial charge in [0.15, 0.2) is 5.96 Å². The summed E-state index contributed by atoms with van der Waals surface area (Å²) in [5.74, 6) is 0.239. The summed E-state index contributed by atoms with van der Waals surface area (Å²) in [5.41, 5.74) is 4.81. The maximum Gasteiger partial charge on any atom is 0.416 e. The molecule has 0 aliphatic heterocycles. The van der Waals surface area contributed by atoms with Crippen molar-refractivity contribution in [2.45, 2.75) is 32.7 Å². The molecule has 0 fully saturated rings. The third kappa shape index (κ3) is 5.67. The van der Waals surface area contributed by atoms with Gasteiger partial charge in [0.05, 0.1) is 18.2 Å². The van der Waals surface area contributed by atoms with Gasteiger partial charge in [0.1, 0.15) is 5.75 Å². The molecule has 0 amide bonds. The molecule has 0 aromatic heterocycles. The van der Waals surface area contributed by atoms with Gasteiger partial charge >= 0.3 is 6.18 Å². The van der Waals surface area contributed by atoms with Crippen LogP contribution in [-0.4, -0.2) is 18.6 Å². The predicted molar refractivity (Wildman–Crippen MR) is 80.7 cm³/mol. The van der Waals surface area contributed by atoms with E-state index >= 15 is 0 Å². The van der Waals surface area contributed by atoms with Crippen molar-refractivity contribution in [3.63, 3.8) is 0 Å². The highest BCUT2D eigenvalue weighted by atomic mass is 19.4. The molecule has 0 unspecified atom stereocenters. The van der Waals surface area contributed by atoms with Crippen LogP contribution in [0.1, 0.15) is 25.0 Å². The lowest BCUT2D eigenvalue weighted by molar-refractivity contribution is -0.138. The van der Waals surface area contributed by atoms with Gasteiger partial charge in [-0.15, -0.1) is 6.58 Å². The summed E-state index contributed by atoms with van der Waals surface area (Å²) >= 11 is 0. The van der Waals surface area contributed by atoms with Crippen molar-refractivity contribution in [3.05, 3.63) is 42.0 Å². The normalized spacial score (nSPS) is 12.4. The molecule has 1 rings (SSSR count). The Hall–Kier alpha value is -2.18. The maximum absolute atomic E-state index is 13.1. The van der Waals surface area contributed by atoms with Crippen molar-refractivity contribution in [1.82, 2.24) is 5.32 Å². The Labute approximate surface area is 127 Å². The van der Waals surface area contributed by atoms with Crippen LogP contribution >= 0.6 is 0 Å². The van der Waals surface area contributed by atoms with Gasteiger partial charge in [-0.25, -0.2) is 4.99 Å². The highest BCUT2D eigenvalue weighted by Crippen LogP contribution is 2.35. The zero-order valence-corrected chi connectivity index (χ0v) is 12.6. The molecule has 0 saturated heterocycles. The summed E-state index contributed by atoms with van der Waals surface area (Å²) in [6.07, 6.45) is -3.12. The second-order valence-corrected chi connectivity index (χ2v) is 4.85. The number of benzene rings is 1. The van der Waals surface area contributed by atoms with Crippen LogP contribution in [0.4, 0.5) is 13.2 Å². The number of aliphatic imine (C=N–C) groups is 1. The van der Waals surface area contributed by atoms with E-state index in [2.05, 4.69) is 16.9 Å². The zero-order chi connectivity index (χ0) is 16.8. The number of guanidine groups is 1. The molecule has 0 heterocycles. The van der Waals surface area contributed by atoms with Crippen LogP contribution in [0.25, 0.3) is 0 Å². The molecule has 0 atom stereocenters. The SMILES string of the molecule is C=CCNC(N)=NCc1ccc(OC(C)C)cc1C(F)(F)F. The van der Waals surface area contributed by atoms with Crippen LogP contribution in [0.15, 0.2) is 35.8 Å². The van der Waals surface area contributed by atoms with Gasteiger partial charge in [0.25, 0.3) is 0 Å². The standard InChI is InChI=1S/C15H20F3N3O/c1-4-7-20-14(19)21-9-11-5-6-12(22-10(2)3)8-13(11)15(16,17)18/h4-6,8,10H,1,7,9H2,2-3H3,(H3,19,20,21). The van der Waals surface area contributed by atoms with Crippen molar-refractivity contribution in [2.24, 2.45) is 10.7 Å². The fourth-order valence-corrected chi connectivity index (χ4v) is 1.71. The highest BCUT2D eigenvalue weighted by molar-refractivity contribution is 5.77. The van der Waals surface area contributed by atoms with Crippen molar-refractivity contribution < 1.29 is 17.9 Å². The Morgan fingerprint density at radius 1 is 1.45 bits per heavy atom. The first-order valence-electron chi connectivity index (χ1n) is 6.75. The molecule has 7 heteroatoms. The number of nitrogens with one attached hydrogen (secondary N) is 1. The average Bonchev–Trinajstić information content (AvgIpc) is 2.42. The van der Waals surface area contributed by atoms with Gasteiger partial charge in [-0.1, -0.05) is 12.1 Å². The quantitative estimate of drug-likeness (QED) is 0.482. The van der Waals surface area contributed by atoms with Crippen LogP contribution in [0.5, 0.6) is 5.75 Å². The molecule has 0 spiro atoms. The molecule has 0 aliphatic carbocycles. The van der Waals surface area contributed by atoms with Crippen molar-refractivity contribution in [3.8, 4) is 5.75 Å². The monoisotopic (exact) mass is 315 g/mol. The van der Waals surface area contributed by atoms with Crippen molar-refractivity contribution in [2.75, 3.05) is 6.54 Å². The summed E-state index contributed by atoms with van der Waals surface area (Å²) in [6.45, 7) is 7.21. The Morgan fingerprint density at radius 2 is 2.14 bits per heavy atom. The molecule has 0 saturated carbocycles. The number of rotatable bonds is 6. The van der Waals surface area contributed by atoms with E-state index in [1.807, 2.05) is 0 Å². The molecular weight excluding hydrogens is 295 g/mol. The maximum atomic E-state index is 13.1. The molecule has 0 bridgehead atoms. The van der Waals surface area contributed by atoms with Crippen LogP contribution in [-0.2, 0) is 12.7 Å². The number of nitrogens with two attached hydrogens (primary N) is 1. The molecule has 1 aromatic carbocycles. The van der Waals surface area contributed by atoms with Gasteiger partial charge in [0, 0.05) is 6.54 Å². The van der Waals surface area contributed by atoms with Crippen LogP contribution in [0, 0.1) is 0 Å². The van der Waals surface area contributed by atoms with E-state index in [4.69, 9.17) is 10.5 Å². The smallest absolute Gasteiger partial charge is 0.416 e. The summed E-state index contributed by atoms with van der Waals surface area (Å²) in [5, 5.41) is 2.70. The lowest BCUT2D eigenvalue weighted by Crippen LogP contribution is -2.31. The third-order valence-electron chi connectivity index (χ3n) is 2.61. The molecule has 22 heavy (non-hydrogen) atoms. The van der Waals surface area contributed by atoms with E-state index in [0.29, 0.717) is 6.54 Å². The topological polar surface area (TPSA) is 59.6 Å². The van der Waals surface area contributed by atoms with Gasteiger partial charge in [-0.2, -0.15) is 13.2 Å². The number of hydrogen-bond donors (Lipinski definition) is 2. The molecule has 3 N–H and O–H groups in total. The minimum Gasteiger partial charge on any atom is -0.491 e. The second-order valence-electron chi connectivity index (χ2n) is 4.85. The summed E-state index contributed by atoms with van der Waals surface area (Å²) < 4.78 is 44.7. The first-order chi connectivity index (χ1) is 10.2. The fraction of sp³-hybridized carbons (Fsp3) is 0.400. The van der Waals surface area contributed by atoms with Gasteiger partial charge < -0.3 is 15.8 Å². The molecule has 1 aromatic rings. The number of ether oxygens (including phenoxy) is 1. The van der Waals surface area contributed by atoms with E-state index in [1.54, 1.807) is 19.9 Å². The molecule has 0 aliphatic rings. The summed E-state index contributed by atoms with van der Waals surface area (Å²) in [4.78, 5) is 3.89. The lowest BCUT2D eigenvalue weighted by Gasteiger charge is -2.15. The van der Waals surface area contributed by atoms with Crippen LogP contribution in [0.3, 0.4) is 0 Å². The molecule has 4 nitrogen and oxygen atoms in total. The van der Waals surface area contributed by atoms with Crippen molar-refractivity contribution in [1.29, 1.82) is 0 Å². The second kappa shape index (κ2) is 7.72. The van der Waals surface area contributed by atoms with Crippen LogP contribution < -0.4 is 15.8 Å². The third-order valence-corrected chi connectivity index (χ3v) is 2.61. The van der Waals surface area contributed by atoms with Gasteiger partial charge in [0.2, 0.25) is 0 Å².